The molecule has 0 bridgehead atoms. The second-order valence-corrected chi connectivity index (χ2v) is 3.87. The van der Waals surface area contributed by atoms with Crippen molar-refractivity contribution in [1.29, 1.82) is 0 Å². The molecule has 0 aliphatic carbocycles. The van der Waals surface area contributed by atoms with Crippen LogP contribution in [0.2, 0.25) is 0 Å². The van der Waals surface area contributed by atoms with Crippen LogP contribution >= 0.6 is 0 Å². The van der Waals surface area contributed by atoms with Gasteiger partial charge in [-0.15, -0.1) is 0 Å². The molecule has 0 aromatic carbocycles. The van der Waals surface area contributed by atoms with Crippen LogP contribution in [0.4, 0.5) is 0 Å². The predicted molar refractivity (Wildman–Crippen MR) is 52.8 cm³/mol. The summed E-state index contributed by atoms with van der Waals surface area (Å²) in [5, 5.41) is 54.9. The van der Waals surface area contributed by atoms with E-state index in [4.69, 9.17) is 24.8 Å². The topological polar surface area (TPSA) is 140 Å². The highest BCUT2D eigenvalue weighted by atomic mass is 16.7. The molecule has 0 aromatic rings. The third-order valence-electron chi connectivity index (χ3n) is 2.51. The molecule has 102 valence electrons. The average Bonchev–Trinajstić information content (AvgIpc) is 2.34. The zero-order chi connectivity index (χ0) is 13.0. The Morgan fingerprint density at radius 2 is 1.71 bits per heavy atom. The highest BCUT2D eigenvalue weighted by Crippen LogP contribution is 2.21. The van der Waals surface area contributed by atoms with E-state index in [0.717, 1.165) is 0 Å². The largest absolute Gasteiger partial charge is 0.394 e. The lowest BCUT2D eigenvalue weighted by Gasteiger charge is -2.39. The van der Waals surface area contributed by atoms with Crippen molar-refractivity contribution in [2.75, 3.05) is 19.8 Å². The van der Waals surface area contributed by atoms with Crippen LogP contribution < -0.4 is 0 Å². The molecule has 1 rings (SSSR count). The average molecular weight is 254 g/mol. The summed E-state index contributed by atoms with van der Waals surface area (Å²) in [5.41, 5.74) is 0. The molecular weight excluding hydrogens is 236 g/mol. The highest BCUT2D eigenvalue weighted by molar-refractivity contribution is 4.88. The second kappa shape index (κ2) is 6.57. The molecule has 0 saturated carbocycles. The molecule has 1 aliphatic rings. The summed E-state index contributed by atoms with van der Waals surface area (Å²) in [5.74, 6) is 0. The molecule has 1 saturated heterocycles. The minimum atomic E-state index is -1.52. The molecule has 8 heteroatoms. The van der Waals surface area contributed by atoms with Crippen LogP contribution in [0, 0.1) is 0 Å². The molecule has 0 radical (unpaired) electrons. The van der Waals surface area contributed by atoms with Gasteiger partial charge in [-0.1, -0.05) is 0 Å². The van der Waals surface area contributed by atoms with E-state index < -0.39 is 50.0 Å². The smallest absolute Gasteiger partial charge is 0.186 e. The number of aliphatic hydroxyl groups excluding tert-OH is 6. The number of rotatable bonds is 5. The lowest BCUT2D eigenvalue weighted by atomic mass is 9.99. The summed E-state index contributed by atoms with van der Waals surface area (Å²) in [4.78, 5) is 0. The Bertz CT molecular complexity index is 223. The quantitative estimate of drug-likeness (QED) is 0.293. The summed E-state index contributed by atoms with van der Waals surface area (Å²) in [6.45, 7) is -1.37. The monoisotopic (exact) mass is 254 g/mol. The molecule has 6 atom stereocenters. The van der Waals surface area contributed by atoms with Crippen LogP contribution in [0.15, 0.2) is 0 Å². The Labute approximate surface area is 97.6 Å². The van der Waals surface area contributed by atoms with E-state index in [1.165, 1.54) is 0 Å². The van der Waals surface area contributed by atoms with E-state index in [0.29, 0.717) is 0 Å². The molecule has 17 heavy (non-hydrogen) atoms. The van der Waals surface area contributed by atoms with E-state index in [1.54, 1.807) is 0 Å². The van der Waals surface area contributed by atoms with E-state index in [2.05, 4.69) is 0 Å². The van der Waals surface area contributed by atoms with Gasteiger partial charge in [0.25, 0.3) is 0 Å². The first-order chi connectivity index (χ1) is 8.01. The Morgan fingerprint density at radius 3 is 2.24 bits per heavy atom. The third-order valence-corrected chi connectivity index (χ3v) is 2.51. The van der Waals surface area contributed by atoms with Gasteiger partial charge in [-0.2, -0.15) is 0 Å². The molecule has 1 fully saturated rings. The van der Waals surface area contributed by atoms with Gasteiger partial charge in [0.2, 0.25) is 0 Å². The van der Waals surface area contributed by atoms with Crippen LogP contribution in [0.25, 0.3) is 0 Å². The van der Waals surface area contributed by atoms with Gasteiger partial charge in [0, 0.05) is 0 Å². The van der Waals surface area contributed by atoms with Gasteiger partial charge < -0.3 is 40.1 Å². The zero-order valence-corrected chi connectivity index (χ0v) is 9.09. The van der Waals surface area contributed by atoms with Gasteiger partial charge in [0.1, 0.15) is 30.5 Å². The molecule has 1 heterocycles. The van der Waals surface area contributed by atoms with Crippen LogP contribution in [-0.2, 0) is 9.47 Å². The maximum absolute atomic E-state index is 9.52. The summed E-state index contributed by atoms with van der Waals surface area (Å²) in [6.07, 6.45) is -7.94. The predicted octanol–water partition coefficient (Wildman–Crippen LogP) is -3.84. The fraction of sp³-hybridized carbons (Fsp3) is 1.00. The summed E-state index contributed by atoms with van der Waals surface area (Å²) in [7, 11) is 0. The maximum atomic E-state index is 9.52. The fourth-order valence-electron chi connectivity index (χ4n) is 1.46. The molecule has 8 nitrogen and oxygen atoms in total. The molecule has 0 amide bonds. The molecular formula is C9H18O8. The maximum Gasteiger partial charge on any atom is 0.186 e. The number of ether oxygens (including phenoxy) is 2. The molecule has 0 spiro atoms. The number of aliphatic hydroxyl groups is 6. The van der Waals surface area contributed by atoms with Crippen molar-refractivity contribution >= 4 is 0 Å². The van der Waals surface area contributed by atoms with Crippen molar-refractivity contribution in [1.82, 2.24) is 0 Å². The fourth-order valence-corrected chi connectivity index (χ4v) is 1.46. The van der Waals surface area contributed by atoms with E-state index in [1.807, 2.05) is 0 Å². The first kappa shape index (κ1) is 14.7. The SMILES string of the molecule is OC[C@H](O)CO[C@H]1O[C@H](CO)[C@@H](O)[C@H](O)[C@@H]1O. The van der Waals surface area contributed by atoms with Gasteiger partial charge in [-0.25, -0.2) is 0 Å². The van der Waals surface area contributed by atoms with Gasteiger partial charge in [0.05, 0.1) is 19.8 Å². The molecule has 0 unspecified atom stereocenters. The van der Waals surface area contributed by atoms with Crippen molar-refractivity contribution in [2.45, 2.75) is 36.8 Å². The summed E-state index contributed by atoms with van der Waals surface area (Å²) in [6, 6.07) is 0. The van der Waals surface area contributed by atoms with Crippen molar-refractivity contribution in [3.63, 3.8) is 0 Å². The van der Waals surface area contributed by atoms with Crippen LogP contribution in [0.1, 0.15) is 0 Å². The summed E-state index contributed by atoms with van der Waals surface area (Å²) < 4.78 is 9.93. The van der Waals surface area contributed by atoms with Gasteiger partial charge in [-0.3, -0.25) is 0 Å². The second-order valence-electron chi connectivity index (χ2n) is 3.87. The standard InChI is InChI=1S/C9H18O8/c10-1-4(12)3-16-9-8(15)7(14)6(13)5(2-11)17-9/h4-15H,1-3H2/t4-,5+,6+,7-,8-,9-/m0/s1. The number of hydrogen-bond donors (Lipinski definition) is 6. The van der Waals surface area contributed by atoms with Gasteiger partial charge in [-0.05, 0) is 0 Å². The van der Waals surface area contributed by atoms with Crippen molar-refractivity contribution < 1.29 is 40.1 Å². The van der Waals surface area contributed by atoms with Crippen molar-refractivity contribution in [2.24, 2.45) is 0 Å². The van der Waals surface area contributed by atoms with Crippen LogP contribution in [-0.4, -0.2) is 87.3 Å². The molecule has 0 aromatic heterocycles. The van der Waals surface area contributed by atoms with Crippen molar-refractivity contribution in [3.8, 4) is 0 Å². The Hall–Kier alpha value is -0.320. The highest BCUT2D eigenvalue weighted by Gasteiger charge is 2.44. The van der Waals surface area contributed by atoms with E-state index in [-0.39, 0.29) is 6.61 Å². The van der Waals surface area contributed by atoms with Crippen LogP contribution in [0.3, 0.4) is 0 Å². The minimum absolute atomic E-state index is 0.306. The Morgan fingerprint density at radius 1 is 1.06 bits per heavy atom. The number of hydrogen-bond acceptors (Lipinski definition) is 8. The first-order valence-electron chi connectivity index (χ1n) is 5.22. The Kier molecular flexibility index (Phi) is 5.70. The molecule has 1 aliphatic heterocycles. The van der Waals surface area contributed by atoms with Gasteiger partial charge >= 0.3 is 0 Å². The zero-order valence-electron chi connectivity index (χ0n) is 9.09. The normalized spacial score (nSPS) is 40.2. The Balaban J connectivity index is 2.53. The molecule has 6 N–H and O–H groups in total. The lowest BCUT2D eigenvalue weighted by molar-refractivity contribution is -0.304. The van der Waals surface area contributed by atoms with Crippen LogP contribution in [0.5, 0.6) is 0 Å². The van der Waals surface area contributed by atoms with Gasteiger partial charge in [0.15, 0.2) is 6.29 Å². The first-order valence-corrected chi connectivity index (χ1v) is 5.22. The van der Waals surface area contributed by atoms with E-state index >= 15 is 0 Å². The third kappa shape index (κ3) is 3.57. The minimum Gasteiger partial charge on any atom is -0.394 e. The lowest BCUT2D eigenvalue weighted by Crippen LogP contribution is -2.59. The summed E-state index contributed by atoms with van der Waals surface area (Å²) >= 11 is 0. The van der Waals surface area contributed by atoms with E-state index in [9.17, 15) is 15.3 Å². The van der Waals surface area contributed by atoms with Crippen molar-refractivity contribution in [3.05, 3.63) is 0 Å².